The third-order valence-corrected chi connectivity index (χ3v) is 6.20. The summed E-state index contributed by atoms with van der Waals surface area (Å²) in [5, 5.41) is 2.75. The highest BCUT2D eigenvalue weighted by Crippen LogP contribution is 2.32. The van der Waals surface area contributed by atoms with Gasteiger partial charge in [-0.25, -0.2) is 8.42 Å². The molecular formula is C16H22F3N3O3S. The molecule has 0 radical (unpaired) electrons. The van der Waals surface area contributed by atoms with Gasteiger partial charge in [0.15, 0.2) is 0 Å². The van der Waals surface area contributed by atoms with E-state index in [-0.39, 0.29) is 24.9 Å². The maximum Gasteiger partial charge on any atom is 0.416 e. The molecule has 0 aromatic heterocycles. The van der Waals surface area contributed by atoms with E-state index in [0.717, 1.165) is 22.5 Å². The Morgan fingerprint density at radius 3 is 2.50 bits per heavy atom. The fourth-order valence-electron chi connectivity index (χ4n) is 2.80. The van der Waals surface area contributed by atoms with Crippen LogP contribution in [-0.4, -0.2) is 44.8 Å². The maximum atomic E-state index is 12.8. The van der Waals surface area contributed by atoms with Crippen molar-refractivity contribution in [3.05, 3.63) is 29.8 Å². The number of nitrogens with one attached hydrogen (secondary N) is 1. The van der Waals surface area contributed by atoms with Crippen LogP contribution in [0.5, 0.6) is 0 Å². The van der Waals surface area contributed by atoms with Crippen molar-refractivity contribution in [1.29, 1.82) is 0 Å². The molecule has 0 bridgehead atoms. The number of nitrogens with zero attached hydrogens (tertiary/aromatic N) is 1. The average Bonchev–Trinajstić information content (AvgIpc) is 2.61. The fraction of sp³-hybridized carbons (Fsp3) is 0.562. The van der Waals surface area contributed by atoms with E-state index in [4.69, 9.17) is 5.73 Å². The Labute approximate surface area is 150 Å². The van der Waals surface area contributed by atoms with Crippen molar-refractivity contribution in [2.45, 2.75) is 30.3 Å². The van der Waals surface area contributed by atoms with Crippen molar-refractivity contribution in [2.24, 2.45) is 11.7 Å². The minimum atomic E-state index is -4.61. The van der Waals surface area contributed by atoms with Gasteiger partial charge in [-0.1, -0.05) is 6.07 Å². The lowest BCUT2D eigenvalue weighted by Crippen LogP contribution is -2.43. The molecule has 26 heavy (non-hydrogen) atoms. The van der Waals surface area contributed by atoms with E-state index in [1.807, 2.05) is 0 Å². The Balaban J connectivity index is 2.03. The number of hydrogen-bond donors (Lipinski definition) is 2. The van der Waals surface area contributed by atoms with Gasteiger partial charge >= 0.3 is 6.18 Å². The summed E-state index contributed by atoms with van der Waals surface area (Å²) in [4.78, 5) is 11.6. The number of nitrogens with two attached hydrogens (primary N) is 1. The van der Waals surface area contributed by atoms with Crippen LogP contribution in [0, 0.1) is 5.92 Å². The molecule has 146 valence electrons. The Morgan fingerprint density at radius 1 is 1.27 bits per heavy atom. The molecule has 10 heteroatoms. The predicted molar refractivity (Wildman–Crippen MR) is 89.6 cm³/mol. The van der Waals surface area contributed by atoms with Crippen LogP contribution in [0.4, 0.5) is 13.2 Å². The summed E-state index contributed by atoms with van der Waals surface area (Å²) in [6, 6.07) is 3.70. The van der Waals surface area contributed by atoms with Gasteiger partial charge in [-0.05, 0) is 44.0 Å². The number of halogens is 3. The highest BCUT2D eigenvalue weighted by Gasteiger charge is 2.35. The van der Waals surface area contributed by atoms with Crippen LogP contribution < -0.4 is 11.1 Å². The van der Waals surface area contributed by atoms with Gasteiger partial charge in [-0.3, -0.25) is 4.79 Å². The van der Waals surface area contributed by atoms with Crippen LogP contribution >= 0.6 is 0 Å². The topological polar surface area (TPSA) is 92.5 Å². The largest absolute Gasteiger partial charge is 0.416 e. The number of benzene rings is 1. The van der Waals surface area contributed by atoms with Crippen molar-refractivity contribution in [2.75, 3.05) is 26.2 Å². The molecule has 6 nitrogen and oxygen atoms in total. The molecule has 1 amide bonds. The van der Waals surface area contributed by atoms with Gasteiger partial charge in [-0.2, -0.15) is 17.5 Å². The number of carbonyl (C=O) groups is 1. The molecule has 1 saturated heterocycles. The minimum absolute atomic E-state index is 0.0908. The third kappa shape index (κ3) is 4.95. The molecule has 1 aromatic carbocycles. The summed E-state index contributed by atoms with van der Waals surface area (Å²) in [7, 11) is -4.03. The molecule has 1 fully saturated rings. The van der Waals surface area contributed by atoms with Crippen LogP contribution in [0.1, 0.15) is 24.8 Å². The van der Waals surface area contributed by atoms with E-state index in [2.05, 4.69) is 5.32 Å². The smallest absolute Gasteiger partial charge is 0.356 e. The quantitative estimate of drug-likeness (QED) is 0.718. The molecule has 0 spiro atoms. The van der Waals surface area contributed by atoms with Gasteiger partial charge in [-0.15, -0.1) is 0 Å². The van der Waals surface area contributed by atoms with Gasteiger partial charge in [0.1, 0.15) is 0 Å². The number of sulfonamides is 1. The predicted octanol–water partition coefficient (Wildman–Crippen LogP) is 1.57. The summed E-state index contributed by atoms with van der Waals surface area (Å²) < 4.78 is 64.7. The first-order chi connectivity index (χ1) is 12.2. The van der Waals surface area contributed by atoms with Crippen LogP contribution in [-0.2, 0) is 21.0 Å². The first-order valence-corrected chi connectivity index (χ1v) is 9.75. The third-order valence-electron chi connectivity index (χ3n) is 4.30. The lowest BCUT2D eigenvalue weighted by molar-refractivity contribution is -0.137. The summed E-state index contributed by atoms with van der Waals surface area (Å²) in [5.74, 6) is -0.449. The van der Waals surface area contributed by atoms with Crippen LogP contribution in [0.2, 0.25) is 0 Å². The number of amides is 1. The standard InChI is InChI=1S/C16H22F3N3O3S/c17-16(18,19)13-3-1-4-14(11-13)26(24,25)22-9-5-12(6-10-22)15(23)21-8-2-7-20/h1,3-4,11-12H,2,5-10,20H2,(H,21,23). The lowest BCUT2D eigenvalue weighted by atomic mass is 9.97. The number of carbonyl (C=O) groups excluding carboxylic acids is 1. The molecule has 1 aliphatic rings. The zero-order chi connectivity index (χ0) is 19.4. The first-order valence-electron chi connectivity index (χ1n) is 8.31. The molecule has 1 heterocycles. The Bertz CT molecular complexity index is 730. The van der Waals surface area contributed by atoms with E-state index in [1.54, 1.807) is 0 Å². The van der Waals surface area contributed by atoms with Crippen molar-refractivity contribution in [1.82, 2.24) is 9.62 Å². The molecule has 0 saturated carbocycles. The van der Waals surface area contributed by atoms with Gasteiger partial charge < -0.3 is 11.1 Å². The number of rotatable bonds is 6. The van der Waals surface area contributed by atoms with Crippen molar-refractivity contribution in [3.8, 4) is 0 Å². The second-order valence-electron chi connectivity index (χ2n) is 6.14. The average molecular weight is 393 g/mol. The molecule has 3 N–H and O–H groups in total. The normalized spacial score (nSPS) is 17.2. The molecule has 1 aliphatic heterocycles. The second-order valence-corrected chi connectivity index (χ2v) is 8.08. The fourth-order valence-corrected chi connectivity index (χ4v) is 4.31. The number of hydrogen-bond acceptors (Lipinski definition) is 4. The molecule has 0 aliphatic carbocycles. The van der Waals surface area contributed by atoms with E-state index in [9.17, 15) is 26.4 Å². The summed E-state index contributed by atoms with van der Waals surface area (Å²) in [6.07, 6.45) is -3.30. The zero-order valence-corrected chi connectivity index (χ0v) is 14.9. The highest BCUT2D eigenvalue weighted by atomic mass is 32.2. The zero-order valence-electron chi connectivity index (χ0n) is 14.1. The van der Waals surface area contributed by atoms with Crippen molar-refractivity contribution >= 4 is 15.9 Å². The Kier molecular flexibility index (Phi) is 6.64. The number of alkyl halides is 3. The Hall–Kier alpha value is -1.65. The lowest BCUT2D eigenvalue weighted by Gasteiger charge is -2.30. The SMILES string of the molecule is NCCCNC(=O)C1CCN(S(=O)(=O)c2cccc(C(F)(F)F)c2)CC1. The molecule has 0 unspecified atom stereocenters. The molecule has 1 aromatic rings. The van der Waals surface area contributed by atoms with Crippen LogP contribution in [0.25, 0.3) is 0 Å². The van der Waals surface area contributed by atoms with Crippen molar-refractivity contribution < 1.29 is 26.4 Å². The molecular weight excluding hydrogens is 371 g/mol. The van der Waals surface area contributed by atoms with E-state index >= 15 is 0 Å². The highest BCUT2D eigenvalue weighted by molar-refractivity contribution is 7.89. The Morgan fingerprint density at radius 2 is 1.92 bits per heavy atom. The van der Waals surface area contributed by atoms with Gasteiger partial charge in [0.2, 0.25) is 15.9 Å². The summed E-state index contributed by atoms with van der Waals surface area (Å²) in [5.41, 5.74) is 4.35. The van der Waals surface area contributed by atoms with Gasteiger partial charge in [0.25, 0.3) is 0 Å². The van der Waals surface area contributed by atoms with Gasteiger partial charge in [0, 0.05) is 25.6 Å². The molecule has 0 atom stereocenters. The van der Waals surface area contributed by atoms with Crippen LogP contribution in [0.15, 0.2) is 29.2 Å². The minimum Gasteiger partial charge on any atom is -0.356 e. The first kappa shape index (κ1) is 20.7. The van der Waals surface area contributed by atoms with E-state index < -0.39 is 26.7 Å². The maximum absolute atomic E-state index is 12.8. The monoisotopic (exact) mass is 393 g/mol. The van der Waals surface area contributed by atoms with E-state index in [0.29, 0.717) is 38.4 Å². The second kappa shape index (κ2) is 8.36. The van der Waals surface area contributed by atoms with Crippen molar-refractivity contribution in [3.63, 3.8) is 0 Å². The van der Waals surface area contributed by atoms with E-state index in [1.165, 1.54) is 0 Å². The van der Waals surface area contributed by atoms with Crippen LogP contribution in [0.3, 0.4) is 0 Å². The number of piperidine rings is 1. The summed E-state index contributed by atoms with van der Waals surface area (Å²) >= 11 is 0. The molecule has 2 rings (SSSR count). The van der Waals surface area contributed by atoms with Gasteiger partial charge in [0.05, 0.1) is 10.5 Å². The summed E-state index contributed by atoms with van der Waals surface area (Å²) in [6.45, 7) is 1.12.